The summed E-state index contributed by atoms with van der Waals surface area (Å²) in [7, 11) is 1.95. The first-order valence-electron chi connectivity index (χ1n) is 10.6. The van der Waals surface area contributed by atoms with Gasteiger partial charge in [-0.15, -0.1) is 0 Å². The average Bonchev–Trinajstić information content (AvgIpc) is 3.13. The number of hydrogen-bond donors (Lipinski definition) is 0. The average molecular weight is 468 g/mol. The summed E-state index contributed by atoms with van der Waals surface area (Å²) in [5.74, 6) is 0.886. The Hall–Kier alpha value is -3.17. The largest absolute Gasteiger partial charge is 0.368 e. The fourth-order valence-corrected chi connectivity index (χ4v) is 4.02. The highest BCUT2D eigenvalue weighted by molar-refractivity contribution is 6.30. The molecule has 3 aromatic heterocycles. The number of benzene rings is 1. The van der Waals surface area contributed by atoms with E-state index in [1.807, 2.05) is 43.5 Å². The van der Waals surface area contributed by atoms with Gasteiger partial charge in [0.2, 0.25) is 5.95 Å². The Morgan fingerprint density at radius 2 is 1.85 bits per heavy atom. The molecular formula is C23H23ClFN7O. The van der Waals surface area contributed by atoms with Crippen molar-refractivity contribution < 1.29 is 9.13 Å². The molecule has 0 radical (unpaired) electrons. The first-order valence-corrected chi connectivity index (χ1v) is 11.0. The minimum atomic E-state index is -0.475. The zero-order chi connectivity index (χ0) is 23.3. The third-order valence-electron chi connectivity index (χ3n) is 5.92. The molecule has 1 aliphatic heterocycles. The molecule has 8 nitrogen and oxygen atoms in total. The maximum absolute atomic E-state index is 14.9. The SMILES string of the molecule is Cc1nc2nc(N3CCO[C@H](c4cn(C)c(C)n4)C3)nc(-c3ccc(Cl)cc3F)c2nc1C. The van der Waals surface area contributed by atoms with E-state index in [0.717, 1.165) is 22.9 Å². The van der Waals surface area contributed by atoms with E-state index in [2.05, 4.69) is 15.0 Å². The van der Waals surface area contributed by atoms with Crippen LogP contribution < -0.4 is 4.90 Å². The number of halogens is 2. The molecule has 4 heterocycles. The minimum Gasteiger partial charge on any atom is -0.368 e. The molecule has 0 spiro atoms. The van der Waals surface area contributed by atoms with Gasteiger partial charge >= 0.3 is 0 Å². The van der Waals surface area contributed by atoms with Crippen molar-refractivity contribution in [2.75, 3.05) is 24.6 Å². The van der Waals surface area contributed by atoms with Crippen molar-refractivity contribution in [1.29, 1.82) is 0 Å². The van der Waals surface area contributed by atoms with Crippen molar-refractivity contribution in [3.05, 3.63) is 58.1 Å². The van der Waals surface area contributed by atoms with Gasteiger partial charge in [0.05, 0.1) is 30.2 Å². The lowest BCUT2D eigenvalue weighted by Crippen LogP contribution is -2.39. The van der Waals surface area contributed by atoms with Crippen molar-refractivity contribution in [3.63, 3.8) is 0 Å². The Labute approximate surface area is 195 Å². The standard InChI is InChI=1S/C23H23ClFN7O/c1-12-13(2)27-22-21(26-12)20(16-6-5-15(24)9-17(16)25)29-23(30-22)32-7-8-33-19(11-32)18-10-31(4)14(3)28-18/h5-6,9-10,19H,7-8,11H2,1-4H3/t19-/m0/s1. The monoisotopic (exact) mass is 467 g/mol. The van der Waals surface area contributed by atoms with Crippen LogP contribution in [-0.4, -0.2) is 49.2 Å². The van der Waals surface area contributed by atoms with Crippen LogP contribution in [0.4, 0.5) is 10.3 Å². The van der Waals surface area contributed by atoms with Gasteiger partial charge in [-0.3, -0.25) is 0 Å². The van der Waals surface area contributed by atoms with Gasteiger partial charge in [0.15, 0.2) is 5.65 Å². The molecule has 1 aliphatic rings. The van der Waals surface area contributed by atoms with Crippen LogP contribution in [0.15, 0.2) is 24.4 Å². The Bertz CT molecular complexity index is 1350. The van der Waals surface area contributed by atoms with Crippen LogP contribution in [0.1, 0.15) is 29.0 Å². The van der Waals surface area contributed by atoms with E-state index in [4.69, 9.17) is 26.3 Å². The molecule has 0 aliphatic carbocycles. The predicted octanol–water partition coefficient (Wildman–Crippen LogP) is 4.12. The number of aromatic nitrogens is 6. The van der Waals surface area contributed by atoms with Gasteiger partial charge in [-0.2, -0.15) is 4.98 Å². The van der Waals surface area contributed by atoms with Crippen LogP contribution in [0.2, 0.25) is 5.02 Å². The van der Waals surface area contributed by atoms with Crippen molar-refractivity contribution in [1.82, 2.24) is 29.5 Å². The van der Waals surface area contributed by atoms with Crippen LogP contribution in [0, 0.1) is 26.6 Å². The summed E-state index contributed by atoms with van der Waals surface area (Å²) in [5.41, 5.74) is 3.92. The summed E-state index contributed by atoms with van der Waals surface area (Å²) >= 11 is 5.98. The fraction of sp³-hybridized carbons (Fsp3) is 0.348. The van der Waals surface area contributed by atoms with Gasteiger partial charge in [0.1, 0.15) is 29.0 Å². The summed E-state index contributed by atoms with van der Waals surface area (Å²) in [6.45, 7) is 7.29. The summed E-state index contributed by atoms with van der Waals surface area (Å²) < 4.78 is 22.8. The van der Waals surface area contributed by atoms with Gasteiger partial charge in [0, 0.05) is 30.4 Å². The second-order valence-corrected chi connectivity index (χ2v) is 8.63. The number of hydrogen-bond acceptors (Lipinski definition) is 7. The fourth-order valence-electron chi connectivity index (χ4n) is 3.86. The molecule has 1 atom stereocenters. The number of rotatable bonds is 3. The Balaban J connectivity index is 1.61. The Kier molecular flexibility index (Phi) is 5.46. The molecule has 1 saturated heterocycles. The zero-order valence-corrected chi connectivity index (χ0v) is 19.6. The van der Waals surface area contributed by atoms with Crippen LogP contribution in [0.5, 0.6) is 0 Å². The maximum atomic E-state index is 14.9. The highest BCUT2D eigenvalue weighted by Crippen LogP contribution is 2.32. The number of ether oxygens (including phenoxy) is 1. The van der Waals surface area contributed by atoms with E-state index in [1.54, 1.807) is 12.1 Å². The predicted molar refractivity (Wildman–Crippen MR) is 124 cm³/mol. The summed E-state index contributed by atoms with van der Waals surface area (Å²) in [6.07, 6.45) is 1.75. The lowest BCUT2D eigenvalue weighted by atomic mass is 10.1. The van der Waals surface area contributed by atoms with E-state index in [1.165, 1.54) is 6.07 Å². The topological polar surface area (TPSA) is 81.9 Å². The van der Waals surface area contributed by atoms with Gasteiger partial charge in [-0.1, -0.05) is 11.6 Å². The van der Waals surface area contributed by atoms with E-state index >= 15 is 0 Å². The van der Waals surface area contributed by atoms with E-state index in [0.29, 0.717) is 53.1 Å². The first kappa shape index (κ1) is 21.7. The second kappa shape index (κ2) is 8.31. The van der Waals surface area contributed by atoms with Crippen LogP contribution in [0.3, 0.4) is 0 Å². The molecule has 4 aromatic rings. The summed E-state index contributed by atoms with van der Waals surface area (Å²) in [5, 5.41) is 0.314. The number of nitrogens with zero attached hydrogens (tertiary/aromatic N) is 7. The van der Waals surface area contributed by atoms with Crippen LogP contribution >= 0.6 is 11.6 Å². The lowest BCUT2D eigenvalue weighted by Gasteiger charge is -2.32. The molecule has 10 heteroatoms. The third kappa shape index (κ3) is 4.02. The number of imidazole rings is 1. The molecule has 0 amide bonds. The number of morpholine rings is 1. The molecule has 0 saturated carbocycles. The van der Waals surface area contributed by atoms with E-state index in [-0.39, 0.29) is 6.10 Å². The van der Waals surface area contributed by atoms with Crippen LogP contribution in [-0.2, 0) is 11.8 Å². The zero-order valence-electron chi connectivity index (χ0n) is 18.8. The third-order valence-corrected chi connectivity index (χ3v) is 6.16. The van der Waals surface area contributed by atoms with Crippen molar-refractivity contribution in [2.24, 2.45) is 7.05 Å². The molecule has 33 heavy (non-hydrogen) atoms. The lowest BCUT2D eigenvalue weighted by molar-refractivity contribution is 0.0366. The molecule has 1 aromatic carbocycles. The highest BCUT2D eigenvalue weighted by Gasteiger charge is 2.27. The van der Waals surface area contributed by atoms with Gasteiger partial charge in [-0.05, 0) is 39.0 Å². The molecule has 0 bridgehead atoms. The second-order valence-electron chi connectivity index (χ2n) is 8.19. The number of fused-ring (bicyclic) bond motifs is 1. The minimum absolute atomic E-state index is 0.223. The number of anilines is 1. The van der Waals surface area contributed by atoms with E-state index < -0.39 is 5.82 Å². The molecule has 0 unspecified atom stereocenters. The Morgan fingerprint density at radius 3 is 2.58 bits per heavy atom. The normalized spacial score (nSPS) is 16.5. The first-order chi connectivity index (χ1) is 15.8. The smallest absolute Gasteiger partial charge is 0.228 e. The molecule has 0 N–H and O–H groups in total. The molecule has 170 valence electrons. The van der Waals surface area contributed by atoms with Crippen molar-refractivity contribution in [2.45, 2.75) is 26.9 Å². The van der Waals surface area contributed by atoms with Crippen molar-refractivity contribution >= 4 is 28.7 Å². The molecule has 1 fully saturated rings. The molecule has 5 rings (SSSR count). The molecular weight excluding hydrogens is 445 g/mol. The maximum Gasteiger partial charge on any atom is 0.228 e. The summed E-state index contributed by atoms with van der Waals surface area (Å²) in [6, 6.07) is 4.52. The van der Waals surface area contributed by atoms with Crippen molar-refractivity contribution in [3.8, 4) is 11.3 Å². The highest BCUT2D eigenvalue weighted by atomic mass is 35.5. The van der Waals surface area contributed by atoms with E-state index in [9.17, 15) is 4.39 Å². The van der Waals surface area contributed by atoms with Gasteiger partial charge in [-0.25, -0.2) is 24.3 Å². The van der Waals surface area contributed by atoms with Gasteiger partial charge < -0.3 is 14.2 Å². The van der Waals surface area contributed by atoms with Gasteiger partial charge in [0.25, 0.3) is 0 Å². The quantitative estimate of drug-likeness (QED) is 0.448. The van der Waals surface area contributed by atoms with Crippen LogP contribution in [0.25, 0.3) is 22.4 Å². The summed E-state index contributed by atoms with van der Waals surface area (Å²) in [4.78, 5) is 25.3. The number of aryl methyl sites for hydroxylation is 4. The Morgan fingerprint density at radius 1 is 1.06 bits per heavy atom.